The SMILES string of the molecule is CC(=O)[O][Bi]([O]C(C)=O)([c]1ccccc1)([c]1ccccc1)[c]1ccccc1.Nc1cnc2ccccc2c1.c1ccc(Nc2cnc3ccccc3c2)cc1. The molecule has 6 aromatic carbocycles. The van der Waals surface area contributed by atoms with E-state index in [1.807, 2.05) is 176 Å². The van der Waals surface area contributed by atoms with Gasteiger partial charge in [-0.15, -0.1) is 0 Å². The van der Waals surface area contributed by atoms with Gasteiger partial charge in [0.15, 0.2) is 0 Å². The van der Waals surface area contributed by atoms with Crippen LogP contribution in [0.4, 0.5) is 17.1 Å². The number of pyridine rings is 2. The molecule has 9 heteroatoms. The summed E-state index contributed by atoms with van der Waals surface area (Å²) in [5.41, 5.74) is 10.4. The monoisotopic (exact) mass is 922 g/mol. The summed E-state index contributed by atoms with van der Waals surface area (Å²) in [5, 5.41) is 5.57. The number of anilines is 3. The Bertz CT molecular complexity index is 2380. The number of hydrogen-bond acceptors (Lipinski definition) is 8. The first-order valence-electron chi connectivity index (χ1n) is 17.6. The van der Waals surface area contributed by atoms with E-state index in [0.717, 1.165) is 43.0 Å². The number of carbonyl (C=O) groups is 2. The molecule has 0 atom stereocenters. The van der Waals surface area contributed by atoms with Gasteiger partial charge >= 0.3 is 161 Å². The molecule has 274 valence electrons. The number of para-hydroxylation sites is 3. The van der Waals surface area contributed by atoms with Crippen LogP contribution in [-0.2, 0) is 15.2 Å². The van der Waals surface area contributed by atoms with Crippen LogP contribution < -0.4 is 20.9 Å². The standard InChI is InChI=1S/C15H12N2.C9H8N2.3C6H5.2C2H4O2.Bi/c1-2-7-13(8-3-1)17-14-10-12-6-4-5-9-15(12)16-11-14;10-8-5-7-3-1-2-4-9(7)11-6-8;3*1-2-4-6-5-3-1;2*1-2(3)4;/h1-11,17H;1-6H,10H2;3*1-5H;2*1H3,(H,3,4);/q;;;;;;;+2/p-2. The average Bonchev–Trinajstić information content (AvgIpc) is 3.22. The van der Waals surface area contributed by atoms with E-state index in [9.17, 15) is 9.59 Å². The molecule has 0 spiro atoms. The van der Waals surface area contributed by atoms with Crippen molar-refractivity contribution >= 4 is 80.3 Å². The van der Waals surface area contributed by atoms with Crippen molar-refractivity contribution in [2.75, 3.05) is 11.1 Å². The Morgan fingerprint density at radius 2 is 0.873 bits per heavy atom. The molecule has 0 aliphatic heterocycles. The van der Waals surface area contributed by atoms with E-state index < -0.39 is 31.6 Å². The van der Waals surface area contributed by atoms with Gasteiger partial charge in [0.05, 0.1) is 34.8 Å². The molecule has 0 amide bonds. The maximum absolute atomic E-state index is 12.4. The van der Waals surface area contributed by atoms with E-state index in [1.165, 1.54) is 13.8 Å². The quantitative estimate of drug-likeness (QED) is 0.155. The fourth-order valence-corrected chi connectivity index (χ4v) is 24.5. The molecule has 8 nitrogen and oxygen atoms in total. The molecule has 8 aromatic rings. The molecule has 0 aliphatic rings. The Labute approximate surface area is 323 Å². The topological polar surface area (TPSA) is 116 Å². The van der Waals surface area contributed by atoms with Gasteiger partial charge in [-0.3, -0.25) is 9.97 Å². The van der Waals surface area contributed by atoms with E-state index in [2.05, 4.69) is 27.4 Å². The summed E-state index contributed by atoms with van der Waals surface area (Å²) < 4.78 is 14.6. The van der Waals surface area contributed by atoms with Crippen LogP contribution in [0.15, 0.2) is 194 Å². The van der Waals surface area contributed by atoms with Gasteiger partial charge in [-0.25, -0.2) is 0 Å². The van der Waals surface area contributed by atoms with Gasteiger partial charge in [-0.2, -0.15) is 0 Å². The van der Waals surface area contributed by atoms with Crippen molar-refractivity contribution in [2.45, 2.75) is 13.8 Å². The van der Waals surface area contributed by atoms with E-state index >= 15 is 0 Å². The summed E-state index contributed by atoms with van der Waals surface area (Å²) in [6, 6.07) is 58.2. The minimum atomic E-state index is -5.61. The van der Waals surface area contributed by atoms with Gasteiger partial charge in [0.1, 0.15) is 0 Å². The van der Waals surface area contributed by atoms with Crippen LogP contribution in [0.25, 0.3) is 21.8 Å². The normalized spacial score (nSPS) is 11.3. The number of nitrogens with one attached hydrogen (secondary N) is 1. The number of nitrogens with two attached hydrogens (primary N) is 1. The van der Waals surface area contributed by atoms with Crippen molar-refractivity contribution < 1.29 is 15.2 Å². The van der Waals surface area contributed by atoms with E-state index in [0.29, 0.717) is 5.69 Å². The molecular weight excluding hydrogens is 882 g/mol. The predicted molar refractivity (Wildman–Crippen MR) is 225 cm³/mol. The van der Waals surface area contributed by atoms with Crippen LogP contribution in [0.5, 0.6) is 0 Å². The van der Waals surface area contributed by atoms with Crippen molar-refractivity contribution in [1.82, 2.24) is 9.97 Å². The Kier molecular flexibility index (Phi) is 12.2. The number of aromatic nitrogens is 2. The van der Waals surface area contributed by atoms with Crippen LogP contribution in [-0.4, -0.2) is 41.6 Å². The predicted octanol–water partition coefficient (Wildman–Crippen LogP) is 8.03. The third kappa shape index (κ3) is 8.86. The van der Waals surface area contributed by atoms with Crippen LogP contribution in [0.3, 0.4) is 0 Å². The Morgan fingerprint density at radius 1 is 0.491 bits per heavy atom. The molecule has 0 unspecified atom stereocenters. The summed E-state index contributed by atoms with van der Waals surface area (Å²) in [7, 11) is 0. The van der Waals surface area contributed by atoms with E-state index in [4.69, 9.17) is 11.4 Å². The third-order valence-electron chi connectivity index (χ3n) is 8.55. The van der Waals surface area contributed by atoms with Gasteiger partial charge in [-0.05, 0) is 36.4 Å². The second-order valence-corrected chi connectivity index (χ2v) is 27.4. The van der Waals surface area contributed by atoms with Gasteiger partial charge in [0.2, 0.25) is 0 Å². The molecule has 0 aliphatic carbocycles. The largest absolute Gasteiger partial charge is 0.397 e. The summed E-state index contributed by atoms with van der Waals surface area (Å²) in [6.07, 6.45) is 3.53. The molecule has 2 heterocycles. The zero-order chi connectivity index (χ0) is 38.5. The fraction of sp³-hybridized carbons (Fsp3) is 0.0435. The van der Waals surface area contributed by atoms with Crippen LogP contribution >= 0.6 is 0 Å². The van der Waals surface area contributed by atoms with Crippen molar-refractivity contribution in [3.05, 3.63) is 194 Å². The molecule has 0 radical (unpaired) electrons. The maximum Gasteiger partial charge on any atom is 0.0703 e. The molecule has 0 saturated heterocycles. The van der Waals surface area contributed by atoms with Gasteiger partial charge in [-0.1, -0.05) is 54.6 Å². The zero-order valence-corrected chi connectivity index (χ0v) is 34.0. The number of benzene rings is 6. The number of hydrogen-bond donors (Lipinski definition) is 2. The van der Waals surface area contributed by atoms with Crippen LogP contribution in [0.1, 0.15) is 13.8 Å². The summed E-state index contributed by atoms with van der Waals surface area (Å²) in [4.78, 5) is 33.4. The minimum Gasteiger partial charge on any atom is -0.397 e. The number of rotatable bonds is 7. The van der Waals surface area contributed by atoms with Crippen molar-refractivity contribution in [3.63, 3.8) is 0 Å². The van der Waals surface area contributed by atoms with E-state index in [-0.39, 0.29) is 0 Å². The smallest absolute Gasteiger partial charge is 0.0703 e. The molecule has 8 rings (SSSR count). The Hall–Kier alpha value is -6.44. The maximum atomic E-state index is 12.4. The average molecular weight is 923 g/mol. The number of fused-ring (bicyclic) bond motifs is 2. The number of nitrogens with zero attached hydrogens (tertiary/aromatic N) is 2. The second kappa shape index (κ2) is 17.6. The number of nitrogen functional groups attached to an aromatic ring is 1. The second-order valence-electron chi connectivity index (χ2n) is 12.5. The van der Waals surface area contributed by atoms with E-state index in [1.54, 1.807) is 6.20 Å². The number of carbonyl (C=O) groups excluding carboxylic acids is 2. The Morgan fingerprint density at radius 3 is 1.33 bits per heavy atom. The molecular formula is C46H41BiN4O4. The molecule has 55 heavy (non-hydrogen) atoms. The van der Waals surface area contributed by atoms with Crippen molar-refractivity contribution in [1.29, 1.82) is 0 Å². The summed E-state index contributed by atoms with van der Waals surface area (Å²) in [6.45, 7) is 2.71. The Balaban J connectivity index is 0.000000155. The molecule has 0 bridgehead atoms. The molecule has 2 aromatic heterocycles. The van der Waals surface area contributed by atoms with Crippen molar-refractivity contribution in [2.24, 2.45) is 0 Å². The zero-order valence-electron chi connectivity index (χ0n) is 30.5. The van der Waals surface area contributed by atoms with Gasteiger partial charge in [0.25, 0.3) is 0 Å². The van der Waals surface area contributed by atoms with Crippen molar-refractivity contribution in [3.8, 4) is 0 Å². The molecule has 3 N–H and O–H groups in total. The first kappa shape index (κ1) is 38.3. The molecule has 0 saturated carbocycles. The molecule has 0 fully saturated rings. The third-order valence-corrected chi connectivity index (χ3v) is 27.7. The first-order valence-corrected chi connectivity index (χ1v) is 25.7. The van der Waals surface area contributed by atoms with Gasteiger partial charge in [0, 0.05) is 16.5 Å². The van der Waals surface area contributed by atoms with Crippen LogP contribution in [0, 0.1) is 0 Å². The van der Waals surface area contributed by atoms with Crippen LogP contribution in [0.2, 0.25) is 0 Å². The minimum absolute atomic E-state index is 0.486. The fourth-order valence-electron chi connectivity index (χ4n) is 6.28. The van der Waals surface area contributed by atoms with Gasteiger partial charge < -0.3 is 11.1 Å². The summed E-state index contributed by atoms with van der Waals surface area (Å²) >= 11 is -5.61. The first-order chi connectivity index (χ1) is 26.8. The summed E-state index contributed by atoms with van der Waals surface area (Å²) in [5.74, 6) is -0.971.